The molecule has 3 rings (SSSR count). The molecule has 3 heteroatoms. The Labute approximate surface area is 105 Å². The molecule has 3 nitrogen and oxygen atoms in total. The average Bonchev–Trinajstić information content (AvgIpc) is 3.05. The summed E-state index contributed by atoms with van der Waals surface area (Å²) in [5.41, 5.74) is 0. The van der Waals surface area contributed by atoms with E-state index in [2.05, 4.69) is 10.2 Å². The number of rotatable bonds is 4. The van der Waals surface area contributed by atoms with Gasteiger partial charge in [-0.05, 0) is 45.1 Å². The summed E-state index contributed by atoms with van der Waals surface area (Å²) in [6, 6.07) is 1.93. The van der Waals surface area contributed by atoms with Crippen LogP contribution in [0.5, 0.6) is 0 Å². The van der Waals surface area contributed by atoms with Crippen molar-refractivity contribution >= 4 is 0 Å². The fourth-order valence-corrected chi connectivity index (χ4v) is 3.61. The van der Waals surface area contributed by atoms with Gasteiger partial charge in [0.15, 0.2) is 0 Å². The highest BCUT2D eigenvalue weighted by molar-refractivity contribution is 4.95. The highest BCUT2D eigenvalue weighted by Gasteiger charge is 2.39. The summed E-state index contributed by atoms with van der Waals surface area (Å²) in [5, 5.41) is 13.8. The lowest BCUT2D eigenvalue weighted by atomic mass is 9.91. The van der Waals surface area contributed by atoms with Crippen molar-refractivity contribution in [2.24, 2.45) is 0 Å². The fourth-order valence-electron chi connectivity index (χ4n) is 3.61. The van der Waals surface area contributed by atoms with Gasteiger partial charge in [0.25, 0.3) is 0 Å². The Morgan fingerprint density at radius 3 is 2.47 bits per heavy atom. The number of aliphatic hydroxyl groups is 1. The number of aliphatic hydroxyl groups excluding tert-OH is 1. The first-order valence-electron chi connectivity index (χ1n) is 7.52. The van der Waals surface area contributed by atoms with E-state index in [4.69, 9.17) is 0 Å². The number of hydrogen-bond donors (Lipinski definition) is 2. The molecule has 1 heterocycles. The van der Waals surface area contributed by atoms with Crippen molar-refractivity contribution < 1.29 is 5.11 Å². The van der Waals surface area contributed by atoms with Crippen molar-refractivity contribution in [2.75, 3.05) is 13.1 Å². The Hall–Kier alpha value is -0.120. The zero-order chi connectivity index (χ0) is 11.7. The molecule has 17 heavy (non-hydrogen) atoms. The van der Waals surface area contributed by atoms with Gasteiger partial charge in [-0.3, -0.25) is 4.90 Å². The number of nitrogens with one attached hydrogen (secondary N) is 1. The maximum atomic E-state index is 10.2. The Balaban J connectivity index is 1.61. The van der Waals surface area contributed by atoms with Crippen LogP contribution >= 0.6 is 0 Å². The van der Waals surface area contributed by atoms with Gasteiger partial charge >= 0.3 is 0 Å². The molecular weight excluding hydrogens is 212 g/mol. The SMILES string of the molecule is OC1CCCCC1N(CC1CCCN1)C1CC1. The maximum Gasteiger partial charge on any atom is 0.0695 e. The second-order valence-electron chi connectivity index (χ2n) is 6.14. The Kier molecular flexibility index (Phi) is 3.69. The summed E-state index contributed by atoms with van der Waals surface area (Å²) in [4.78, 5) is 2.65. The predicted molar refractivity (Wildman–Crippen MR) is 69.0 cm³/mol. The third-order valence-electron chi connectivity index (χ3n) is 4.73. The van der Waals surface area contributed by atoms with Gasteiger partial charge in [0, 0.05) is 24.7 Å². The van der Waals surface area contributed by atoms with Crippen LogP contribution in [0.15, 0.2) is 0 Å². The van der Waals surface area contributed by atoms with Gasteiger partial charge in [-0.25, -0.2) is 0 Å². The Bertz CT molecular complexity index is 249. The number of hydrogen-bond acceptors (Lipinski definition) is 3. The molecule has 0 aromatic carbocycles. The lowest BCUT2D eigenvalue weighted by Crippen LogP contribution is -2.50. The highest BCUT2D eigenvalue weighted by atomic mass is 16.3. The minimum Gasteiger partial charge on any atom is -0.391 e. The first kappa shape index (κ1) is 11.9. The van der Waals surface area contributed by atoms with Crippen LogP contribution in [0, 0.1) is 0 Å². The fraction of sp³-hybridized carbons (Fsp3) is 1.00. The van der Waals surface area contributed by atoms with Crippen LogP contribution in [0.3, 0.4) is 0 Å². The van der Waals surface area contributed by atoms with E-state index in [0.717, 1.165) is 12.5 Å². The molecule has 0 spiro atoms. The largest absolute Gasteiger partial charge is 0.391 e. The topological polar surface area (TPSA) is 35.5 Å². The van der Waals surface area contributed by atoms with Gasteiger partial charge in [0.05, 0.1) is 6.10 Å². The van der Waals surface area contributed by atoms with Gasteiger partial charge < -0.3 is 10.4 Å². The minimum atomic E-state index is -0.0641. The zero-order valence-electron chi connectivity index (χ0n) is 10.8. The first-order valence-corrected chi connectivity index (χ1v) is 7.52. The third kappa shape index (κ3) is 2.83. The van der Waals surface area contributed by atoms with Crippen molar-refractivity contribution in [3.05, 3.63) is 0 Å². The standard InChI is InChI=1S/C14H26N2O/c17-14-6-2-1-5-13(14)16(12-7-8-12)10-11-4-3-9-15-11/h11-15,17H,1-10H2. The minimum absolute atomic E-state index is 0.0641. The van der Waals surface area contributed by atoms with Crippen molar-refractivity contribution in [3.63, 3.8) is 0 Å². The predicted octanol–water partition coefficient (Wildman–Crippen LogP) is 1.51. The smallest absolute Gasteiger partial charge is 0.0695 e. The molecule has 2 N–H and O–H groups in total. The van der Waals surface area contributed by atoms with Crippen LogP contribution in [-0.4, -0.2) is 47.3 Å². The summed E-state index contributed by atoms with van der Waals surface area (Å²) >= 11 is 0. The molecular formula is C14H26N2O. The highest BCUT2D eigenvalue weighted by Crippen LogP contribution is 2.34. The molecule has 3 fully saturated rings. The molecule has 2 saturated carbocycles. The summed E-state index contributed by atoms with van der Waals surface area (Å²) in [5.74, 6) is 0. The lowest BCUT2D eigenvalue weighted by molar-refractivity contribution is 0.0119. The Morgan fingerprint density at radius 1 is 1.00 bits per heavy atom. The van der Waals surface area contributed by atoms with E-state index >= 15 is 0 Å². The summed E-state index contributed by atoms with van der Waals surface area (Å²) in [6.07, 6.45) is 10.1. The van der Waals surface area contributed by atoms with Crippen molar-refractivity contribution in [3.8, 4) is 0 Å². The molecule has 0 aromatic heterocycles. The van der Waals surface area contributed by atoms with E-state index in [1.165, 1.54) is 58.0 Å². The van der Waals surface area contributed by atoms with Crippen LogP contribution < -0.4 is 5.32 Å². The summed E-state index contributed by atoms with van der Waals surface area (Å²) in [7, 11) is 0. The third-order valence-corrected chi connectivity index (χ3v) is 4.73. The molecule has 1 saturated heterocycles. The van der Waals surface area contributed by atoms with Gasteiger partial charge in [-0.2, -0.15) is 0 Å². The molecule has 98 valence electrons. The van der Waals surface area contributed by atoms with E-state index < -0.39 is 0 Å². The van der Waals surface area contributed by atoms with E-state index in [9.17, 15) is 5.11 Å². The van der Waals surface area contributed by atoms with Crippen molar-refractivity contribution in [1.29, 1.82) is 0 Å². The summed E-state index contributed by atoms with van der Waals surface area (Å²) in [6.45, 7) is 2.36. The second-order valence-corrected chi connectivity index (χ2v) is 6.14. The first-order chi connectivity index (χ1) is 8.34. The number of nitrogens with zero attached hydrogens (tertiary/aromatic N) is 1. The average molecular weight is 238 g/mol. The molecule has 2 aliphatic carbocycles. The Morgan fingerprint density at radius 2 is 1.82 bits per heavy atom. The molecule has 0 bridgehead atoms. The molecule has 3 aliphatic rings. The van der Waals surface area contributed by atoms with E-state index in [-0.39, 0.29) is 6.10 Å². The van der Waals surface area contributed by atoms with Crippen molar-refractivity contribution in [1.82, 2.24) is 10.2 Å². The van der Waals surface area contributed by atoms with E-state index in [1.54, 1.807) is 0 Å². The zero-order valence-corrected chi connectivity index (χ0v) is 10.8. The lowest BCUT2D eigenvalue weighted by Gasteiger charge is -2.39. The van der Waals surface area contributed by atoms with Crippen molar-refractivity contribution in [2.45, 2.75) is 75.6 Å². The van der Waals surface area contributed by atoms with Crippen LogP contribution in [0.1, 0.15) is 51.4 Å². The van der Waals surface area contributed by atoms with Crippen LogP contribution in [-0.2, 0) is 0 Å². The van der Waals surface area contributed by atoms with Crippen LogP contribution in [0.4, 0.5) is 0 Å². The van der Waals surface area contributed by atoms with E-state index in [1.807, 2.05) is 0 Å². The normalized spacial score (nSPS) is 38.8. The van der Waals surface area contributed by atoms with Gasteiger partial charge in [-0.1, -0.05) is 12.8 Å². The van der Waals surface area contributed by atoms with Gasteiger partial charge in [0.1, 0.15) is 0 Å². The van der Waals surface area contributed by atoms with E-state index in [0.29, 0.717) is 12.1 Å². The molecule has 3 atom stereocenters. The quantitative estimate of drug-likeness (QED) is 0.779. The van der Waals surface area contributed by atoms with Gasteiger partial charge in [0.2, 0.25) is 0 Å². The molecule has 0 amide bonds. The maximum absolute atomic E-state index is 10.2. The van der Waals surface area contributed by atoms with Gasteiger partial charge in [-0.15, -0.1) is 0 Å². The summed E-state index contributed by atoms with van der Waals surface area (Å²) < 4.78 is 0. The molecule has 3 unspecified atom stereocenters. The monoisotopic (exact) mass is 238 g/mol. The molecule has 0 radical (unpaired) electrons. The second kappa shape index (κ2) is 5.25. The van der Waals surface area contributed by atoms with Crippen LogP contribution in [0.2, 0.25) is 0 Å². The van der Waals surface area contributed by atoms with Crippen LogP contribution in [0.25, 0.3) is 0 Å². The molecule has 1 aliphatic heterocycles. The molecule has 0 aromatic rings.